The fourth-order valence-electron chi connectivity index (χ4n) is 3.03. The average Bonchev–Trinajstić information content (AvgIpc) is 2.99. The van der Waals surface area contributed by atoms with Crippen molar-refractivity contribution in [1.29, 1.82) is 0 Å². The summed E-state index contributed by atoms with van der Waals surface area (Å²) in [6.45, 7) is 11.2. The predicted molar refractivity (Wildman–Crippen MR) is 127 cm³/mol. The number of hydrogen-bond donors (Lipinski definition) is 2. The fourth-order valence-corrected chi connectivity index (χ4v) is 3.30. The molecule has 6 nitrogen and oxygen atoms in total. The highest BCUT2D eigenvalue weighted by atomic mass is 127. The number of hydrogen-bond acceptors (Lipinski definition) is 4. The van der Waals surface area contributed by atoms with Crippen LogP contribution in [0.2, 0.25) is 5.02 Å². The molecule has 0 radical (unpaired) electrons. The number of oxazole rings is 1. The molecule has 0 aliphatic rings. The van der Waals surface area contributed by atoms with Crippen LogP contribution in [0.5, 0.6) is 0 Å². The molecule has 1 atom stereocenters. The molecule has 0 amide bonds. The highest BCUT2D eigenvalue weighted by Crippen LogP contribution is 2.26. The number of aliphatic imine (C=N–C) groups is 1. The van der Waals surface area contributed by atoms with Crippen molar-refractivity contribution in [2.24, 2.45) is 4.99 Å². The third-order valence-corrected chi connectivity index (χ3v) is 5.03. The Labute approximate surface area is 190 Å². The number of aromatic nitrogens is 1. The third kappa shape index (κ3) is 6.63. The molecule has 0 fully saturated rings. The van der Waals surface area contributed by atoms with E-state index in [4.69, 9.17) is 16.0 Å². The zero-order valence-corrected chi connectivity index (χ0v) is 20.3. The van der Waals surface area contributed by atoms with Crippen LogP contribution in [-0.4, -0.2) is 42.5 Å². The molecule has 0 bridgehead atoms. The number of rotatable bonds is 8. The molecule has 0 aliphatic carbocycles. The Morgan fingerprint density at radius 3 is 2.43 bits per heavy atom. The Kier molecular flexibility index (Phi) is 10.8. The largest absolute Gasteiger partial charge is 0.444 e. The van der Waals surface area contributed by atoms with Gasteiger partial charge in [0, 0.05) is 18.6 Å². The van der Waals surface area contributed by atoms with Crippen molar-refractivity contribution in [3.8, 4) is 0 Å². The Hall–Kier alpha value is -1.32. The quantitative estimate of drug-likeness (QED) is 0.309. The topological polar surface area (TPSA) is 65.7 Å². The highest BCUT2D eigenvalue weighted by Gasteiger charge is 2.20. The van der Waals surface area contributed by atoms with Gasteiger partial charge >= 0.3 is 0 Å². The van der Waals surface area contributed by atoms with Crippen LogP contribution < -0.4 is 10.6 Å². The van der Waals surface area contributed by atoms with Crippen LogP contribution in [0.25, 0.3) is 0 Å². The summed E-state index contributed by atoms with van der Waals surface area (Å²) in [4.78, 5) is 11.1. The maximum absolute atomic E-state index is 6.46. The van der Waals surface area contributed by atoms with E-state index in [1.165, 1.54) is 0 Å². The van der Waals surface area contributed by atoms with Gasteiger partial charge in [-0.3, -0.25) is 9.89 Å². The van der Waals surface area contributed by atoms with Gasteiger partial charge in [0.2, 0.25) is 5.89 Å². The second-order valence-corrected chi connectivity index (χ2v) is 6.72. The SMILES string of the molecule is CCN(CC)C(CNC(=NC)NCc1nc(C)c(C)o1)c1ccccc1Cl.I. The Balaban J connectivity index is 0.00000392. The van der Waals surface area contributed by atoms with Crippen LogP contribution in [0.1, 0.15) is 42.8 Å². The zero-order chi connectivity index (χ0) is 19.8. The first-order valence-electron chi connectivity index (χ1n) is 9.36. The van der Waals surface area contributed by atoms with Crippen molar-refractivity contribution in [3.05, 3.63) is 52.2 Å². The number of benzene rings is 1. The lowest BCUT2D eigenvalue weighted by Gasteiger charge is -2.31. The van der Waals surface area contributed by atoms with E-state index in [-0.39, 0.29) is 30.0 Å². The van der Waals surface area contributed by atoms with E-state index in [9.17, 15) is 0 Å². The molecule has 0 saturated carbocycles. The summed E-state index contributed by atoms with van der Waals surface area (Å²) in [5.74, 6) is 2.20. The molecule has 8 heteroatoms. The third-order valence-electron chi connectivity index (χ3n) is 4.68. The van der Waals surface area contributed by atoms with Crippen molar-refractivity contribution in [2.45, 2.75) is 40.3 Å². The minimum atomic E-state index is 0. The minimum Gasteiger partial charge on any atom is -0.444 e. The molecule has 156 valence electrons. The van der Waals surface area contributed by atoms with Gasteiger partial charge in [0.05, 0.1) is 18.3 Å². The second-order valence-electron chi connectivity index (χ2n) is 6.31. The van der Waals surface area contributed by atoms with E-state index >= 15 is 0 Å². The van der Waals surface area contributed by atoms with Crippen LogP contribution in [0.4, 0.5) is 0 Å². The fraction of sp³-hybridized carbons (Fsp3) is 0.500. The van der Waals surface area contributed by atoms with Crippen LogP contribution in [-0.2, 0) is 6.54 Å². The molecule has 2 rings (SSSR count). The van der Waals surface area contributed by atoms with Crippen LogP contribution in [0.3, 0.4) is 0 Å². The van der Waals surface area contributed by atoms with E-state index in [0.717, 1.165) is 35.1 Å². The lowest BCUT2D eigenvalue weighted by atomic mass is 10.0. The molecule has 2 N–H and O–H groups in total. The van der Waals surface area contributed by atoms with Gasteiger partial charge in [-0.1, -0.05) is 43.6 Å². The predicted octanol–water partition coefficient (Wildman–Crippen LogP) is 4.31. The highest BCUT2D eigenvalue weighted by molar-refractivity contribution is 14.0. The molecule has 0 aliphatic heterocycles. The van der Waals surface area contributed by atoms with Gasteiger partial charge in [-0.15, -0.1) is 24.0 Å². The zero-order valence-electron chi connectivity index (χ0n) is 17.3. The van der Waals surface area contributed by atoms with Gasteiger partial charge in [0.15, 0.2) is 5.96 Å². The number of halogens is 2. The lowest BCUT2D eigenvalue weighted by molar-refractivity contribution is 0.219. The molecule has 1 heterocycles. The Morgan fingerprint density at radius 2 is 1.89 bits per heavy atom. The summed E-state index contributed by atoms with van der Waals surface area (Å²) in [5.41, 5.74) is 2.03. The van der Waals surface area contributed by atoms with E-state index in [1.54, 1.807) is 7.05 Å². The smallest absolute Gasteiger partial charge is 0.214 e. The van der Waals surface area contributed by atoms with Crippen LogP contribution in [0.15, 0.2) is 33.7 Å². The number of nitrogens with zero attached hydrogens (tertiary/aromatic N) is 3. The minimum absolute atomic E-state index is 0. The van der Waals surface area contributed by atoms with Gasteiger partial charge in [-0.25, -0.2) is 4.98 Å². The van der Waals surface area contributed by atoms with Gasteiger partial charge < -0.3 is 15.1 Å². The molecule has 2 aromatic rings. The molecule has 1 aromatic carbocycles. The molecule has 0 spiro atoms. The van der Waals surface area contributed by atoms with Crippen molar-refractivity contribution < 1.29 is 4.42 Å². The molecule has 1 aromatic heterocycles. The van der Waals surface area contributed by atoms with Gasteiger partial charge in [-0.05, 0) is 38.6 Å². The first-order valence-corrected chi connectivity index (χ1v) is 9.73. The van der Waals surface area contributed by atoms with E-state index in [0.29, 0.717) is 24.9 Å². The first kappa shape index (κ1) is 24.7. The summed E-state index contributed by atoms with van der Waals surface area (Å²) >= 11 is 6.46. The van der Waals surface area contributed by atoms with Crippen LogP contribution in [0, 0.1) is 13.8 Å². The molecule has 0 saturated heterocycles. The standard InChI is InChI=1S/C20H30ClN5O.HI/c1-6-26(7-2)18(16-10-8-9-11-17(16)21)12-23-20(22-5)24-13-19-25-14(3)15(4)27-19;/h8-11,18H,6-7,12-13H2,1-5H3,(H2,22,23,24);1H. The van der Waals surface area contributed by atoms with Crippen molar-refractivity contribution in [2.75, 3.05) is 26.7 Å². The van der Waals surface area contributed by atoms with Crippen molar-refractivity contribution in [3.63, 3.8) is 0 Å². The number of aryl methyl sites for hydroxylation is 2. The summed E-state index contributed by atoms with van der Waals surface area (Å²) in [5, 5.41) is 7.44. The molecule has 28 heavy (non-hydrogen) atoms. The average molecular weight is 520 g/mol. The number of guanidine groups is 1. The summed E-state index contributed by atoms with van der Waals surface area (Å²) in [6, 6.07) is 8.16. The molecular formula is C20H31ClIN5O. The lowest BCUT2D eigenvalue weighted by Crippen LogP contribution is -2.43. The van der Waals surface area contributed by atoms with Gasteiger partial charge in [-0.2, -0.15) is 0 Å². The van der Waals surface area contributed by atoms with Gasteiger partial charge in [0.25, 0.3) is 0 Å². The monoisotopic (exact) mass is 519 g/mol. The maximum Gasteiger partial charge on any atom is 0.214 e. The second kappa shape index (κ2) is 12.3. The Morgan fingerprint density at radius 1 is 1.21 bits per heavy atom. The van der Waals surface area contributed by atoms with Gasteiger partial charge in [0.1, 0.15) is 5.76 Å². The Bertz CT molecular complexity index is 741. The van der Waals surface area contributed by atoms with E-state index in [1.807, 2.05) is 32.0 Å². The normalized spacial score (nSPS) is 12.6. The first-order chi connectivity index (χ1) is 13.0. The van der Waals surface area contributed by atoms with E-state index < -0.39 is 0 Å². The molecular weight excluding hydrogens is 489 g/mol. The summed E-state index contributed by atoms with van der Waals surface area (Å²) < 4.78 is 5.61. The summed E-state index contributed by atoms with van der Waals surface area (Å²) in [7, 11) is 1.75. The van der Waals surface area contributed by atoms with Crippen LogP contribution >= 0.6 is 35.6 Å². The number of likely N-dealkylation sites (N-methyl/N-ethyl adjacent to an activating group) is 1. The van der Waals surface area contributed by atoms with Crippen molar-refractivity contribution >= 4 is 41.5 Å². The van der Waals surface area contributed by atoms with Crippen molar-refractivity contribution in [1.82, 2.24) is 20.5 Å². The summed E-state index contributed by atoms with van der Waals surface area (Å²) in [6.07, 6.45) is 0. The number of nitrogens with one attached hydrogen (secondary N) is 2. The maximum atomic E-state index is 6.46. The van der Waals surface area contributed by atoms with E-state index in [2.05, 4.69) is 45.4 Å². The molecule has 1 unspecified atom stereocenters.